The second-order valence-electron chi connectivity index (χ2n) is 10.2. The summed E-state index contributed by atoms with van der Waals surface area (Å²) in [6.45, 7) is 11.4. The van der Waals surface area contributed by atoms with E-state index in [0.717, 1.165) is 5.56 Å². The Morgan fingerprint density at radius 3 is 2.12 bits per heavy atom. The van der Waals surface area contributed by atoms with Crippen LogP contribution in [0.25, 0.3) is 10.8 Å². The first-order chi connectivity index (χ1) is 15.1. The van der Waals surface area contributed by atoms with Crippen LogP contribution in [0.5, 0.6) is 0 Å². The van der Waals surface area contributed by atoms with Crippen LogP contribution < -0.4 is 0 Å². The van der Waals surface area contributed by atoms with Crippen LogP contribution in [0.3, 0.4) is 0 Å². The molecule has 3 rings (SSSR count). The minimum Gasteiger partial charge on any atom is -0.419 e. The van der Waals surface area contributed by atoms with E-state index in [2.05, 4.69) is 75.4 Å². The predicted octanol–water partition coefficient (Wildman–Crippen LogP) is 5.07. The first-order valence-corrected chi connectivity index (χ1v) is 12.3. The van der Waals surface area contributed by atoms with Crippen molar-refractivity contribution in [3.63, 3.8) is 0 Å². The summed E-state index contributed by atoms with van der Waals surface area (Å²) in [6.07, 6.45) is 0.708. The van der Waals surface area contributed by atoms with Gasteiger partial charge in [0.25, 0.3) is 0 Å². The minimum atomic E-state index is -1.10. The molecule has 0 radical (unpaired) electrons. The first-order valence-electron chi connectivity index (χ1n) is 11.5. The van der Waals surface area contributed by atoms with E-state index in [1.807, 2.05) is 32.0 Å². The quantitative estimate of drug-likeness (QED) is 0.463. The van der Waals surface area contributed by atoms with Crippen molar-refractivity contribution >= 4 is 21.3 Å². The molecule has 0 saturated heterocycles. The van der Waals surface area contributed by atoms with Gasteiger partial charge in [-0.3, -0.25) is 0 Å². The summed E-state index contributed by atoms with van der Waals surface area (Å²) in [6, 6.07) is 25.0. The predicted molar refractivity (Wildman–Crippen MR) is 137 cm³/mol. The van der Waals surface area contributed by atoms with Gasteiger partial charge in [0.15, 0.2) is 0 Å². The highest BCUT2D eigenvalue weighted by Crippen LogP contribution is 2.46. The molecule has 4 heteroatoms. The van der Waals surface area contributed by atoms with Gasteiger partial charge in [-0.2, -0.15) is 0 Å². The van der Waals surface area contributed by atoms with E-state index in [-0.39, 0.29) is 11.3 Å². The highest BCUT2D eigenvalue weighted by atomic mass is 28.2. The second kappa shape index (κ2) is 9.88. The number of aliphatic hydroxyl groups is 1. The van der Waals surface area contributed by atoms with E-state index in [1.54, 1.807) is 0 Å². The Morgan fingerprint density at radius 2 is 1.47 bits per heavy atom. The highest BCUT2D eigenvalue weighted by molar-refractivity contribution is 5.98. The molecule has 3 atom stereocenters. The van der Waals surface area contributed by atoms with E-state index in [0.29, 0.717) is 30.1 Å². The topological polar surface area (TPSA) is 38.7 Å². The second-order valence-corrected chi connectivity index (χ2v) is 10.6. The third-order valence-corrected chi connectivity index (χ3v) is 8.19. The molecule has 172 valence electrons. The number of hydrogen-bond donors (Lipinski definition) is 1. The zero-order chi connectivity index (χ0) is 23.4. The third-order valence-electron chi connectivity index (χ3n) is 7.38. The van der Waals surface area contributed by atoms with Gasteiger partial charge >= 0.3 is 0 Å². The largest absolute Gasteiger partial charge is 0.419 e. The summed E-state index contributed by atoms with van der Waals surface area (Å²) >= 11 is 0. The zero-order valence-corrected chi connectivity index (χ0v) is 22.4. The molecule has 32 heavy (non-hydrogen) atoms. The van der Waals surface area contributed by atoms with Crippen molar-refractivity contribution in [3.8, 4) is 0 Å². The summed E-state index contributed by atoms with van der Waals surface area (Å²) < 4.78 is 12.4. The van der Waals surface area contributed by atoms with Crippen molar-refractivity contribution in [1.82, 2.24) is 0 Å². The molecular weight excluding hydrogens is 412 g/mol. The van der Waals surface area contributed by atoms with E-state index < -0.39 is 11.2 Å². The van der Waals surface area contributed by atoms with Gasteiger partial charge in [0.2, 0.25) is 0 Å². The Balaban J connectivity index is 1.94. The van der Waals surface area contributed by atoms with Gasteiger partial charge < -0.3 is 14.3 Å². The van der Waals surface area contributed by atoms with Gasteiger partial charge in [-0.1, -0.05) is 93.6 Å². The fraction of sp³-hybridized carbons (Fsp3) is 0.429. The summed E-state index contributed by atoms with van der Waals surface area (Å²) in [5, 5.41) is 14.5. The molecule has 0 fully saturated rings. The molecule has 3 nitrogen and oxygen atoms in total. The van der Waals surface area contributed by atoms with Crippen molar-refractivity contribution in [2.75, 3.05) is 6.61 Å². The van der Waals surface area contributed by atoms with Gasteiger partial charge in [-0.15, -0.1) is 0 Å². The van der Waals surface area contributed by atoms with Crippen LogP contribution in [0.4, 0.5) is 0 Å². The summed E-state index contributed by atoms with van der Waals surface area (Å²) in [5.74, 6) is -0.143. The van der Waals surface area contributed by atoms with Crippen LogP contribution in [0.1, 0.15) is 45.7 Å². The molecule has 0 aliphatic carbocycles. The number of hydrogen-bond acceptors (Lipinski definition) is 3. The molecule has 0 aliphatic rings. The lowest BCUT2D eigenvalue weighted by Crippen LogP contribution is -2.64. The lowest BCUT2D eigenvalue weighted by atomic mass is 9.63. The smallest absolute Gasteiger partial charge is 0.146 e. The summed E-state index contributed by atoms with van der Waals surface area (Å²) in [5.41, 5.74) is 0.308. The van der Waals surface area contributed by atoms with Gasteiger partial charge in [-0.05, 0) is 47.6 Å². The van der Waals surface area contributed by atoms with Crippen LogP contribution >= 0.6 is 0 Å². The average molecular weight is 451 g/mol. The molecule has 3 aromatic rings. The molecule has 0 bridgehead atoms. The third kappa shape index (κ3) is 4.99. The first kappa shape index (κ1) is 24.7. The van der Waals surface area contributed by atoms with Crippen molar-refractivity contribution in [2.45, 2.75) is 58.8 Å². The van der Waals surface area contributed by atoms with Crippen LogP contribution in [-0.2, 0) is 22.2 Å². The van der Waals surface area contributed by atoms with Crippen LogP contribution in [0, 0.1) is 11.3 Å². The standard InChI is InChI=1S/C28H38O3Si/c1-26(2,3)28(5,31-32)27(4,29)24(20-30-19-21-12-7-6-8-13-21)18-23-16-11-15-22-14-9-10-17-25(22)23/h6-17,24,29H,18-20H2,1-5,32H3/t24-,27+,28?/m0/s1. The Hall–Kier alpha value is -1.98. The number of fused-ring (bicyclic) bond motifs is 1. The van der Waals surface area contributed by atoms with E-state index >= 15 is 0 Å². The van der Waals surface area contributed by atoms with Crippen molar-refractivity contribution in [2.24, 2.45) is 11.3 Å². The van der Waals surface area contributed by atoms with Crippen molar-refractivity contribution < 1.29 is 14.3 Å². The van der Waals surface area contributed by atoms with E-state index in [4.69, 9.17) is 9.16 Å². The van der Waals surface area contributed by atoms with E-state index in [1.165, 1.54) is 16.3 Å². The Kier molecular flexibility index (Phi) is 7.61. The Bertz CT molecular complexity index is 1000. The Labute approximate surface area is 196 Å². The van der Waals surface area contributed by atoms with Crippen molar-refractivity contribution in [1.29, 1.82) is 0 Å². The lowest BCUT2D eigenvalue weighted by molar-refractivity contribution is -0.200. The molecular formula is C28H38O3Si. The average Bonchev–Trinajstić information content (AvgIpc) is 2.77. The fourth-order valence-corrected chi connectivity index (χ4v) is 5.74. The molecule has 0 amide bonds. The number of benzene rings is 3. The molecule has 0 saturated carbocycles. The normalized spacial score (nSPS) is 17.1. The van der Waals surface area contributed by atoms with Crippen LogP contribution in [0.2, 0.25) is 0 Å². The molecule has 0 heterocycles. The fourth-order valence-electron chi connectivity index (χ4n) is 4.71. The van der Waals surface area contributed by atoms with Gasteiger partial charge in [0, 0.05) is 5.92 Å². The van der Waals surface area contributed by atoms with Gasteiger partial charge in [-0.25, -0.2) is 0 Å². The maximum absolute atomic E-state index is 12.1. The molecule has 1 N–H and O–H groups in total. The van der Waals surface area contributed by atoms with Crippen molar-refractivity contribution in [3.05, 3.63) is 83.9 Å². The van der Waals surface area contributed by atoms with Gasteiger partial charge in [0.1, 0.15) is 10.5 Å². The number of ether oxygens (including phenoxy) is 1. The number of rotatable bonds is 9. The molecule has 3 aromatic carbocycles. The summed E-state index contributed by atoms with van der Waals surface area (Å²) in [7, 11) is 0.548. The maximum Gasteiger partial charge on any atom is 0.146 e. The molecule has 1 unspecified atom stereocenters. The SMILES string of the molecule is CC(C)(C)C(C)(O[SiH3])[C@](C)(O)[C@H](COCc1ccccc1)Cc1cccc2ccccc12. The Morgan fingerprint density at radius 1 is 0.844 bits per heavy atom. The monoisotopic (exact) mass is 450 g/mol. The van der Waals surface area contributed by atoms with E-state index in [9.17, 15) is 5.11 Å². The summed E-state index contributed by atoms with van der Waals surface area (Å²) in [4.78, 5) is 0. The lowest BCUT2D eigenvalue weighted by Gasteiger charge is -2.54. The van der Waals surface area contributed by atoms with Crippen LogP contribution in [0.15, 0.2) is 72.8 Å². The van der Waals surface area contributed by atoms with Crippen LogP contribution in [-0.4, -0.2) is 33.4 Å². The zero-order valence-electron chi connectivity index (χ0n) is 20.4. The molecule has 0 aliphatic heterocycles. The highest BCUT2D eigenvalue weighted by Gasteiger charge is 2.54. The maximum atomic E-state index is 12.1. The molecule has 0 aromatic heterocycles. The van der Waals surface area contributed by atoms with Gasteiger partial charge in [0.05, 0.1) is 24.4 Å². The molecule has 0 spiro atoms. The minimum absolute atomic E-state index is 0.143.